The Morgan fingerprint density at radius 3 is 2.57 bits per heavy atom. The Labute approximate surface area is 128 Å². The van der Waals surface area contributed by atoms with E-state index in [0.29, 0.717) is 18.0 Å². The Kier molecular flexibility index (Phi) is 4.90. The van der Waals surface area contributed by atoms with Crippen LogP contribution in [0.3, 0.4) is 0 Å². The minimum Gasteiger partial charge on any atom is -0.399 e. The summed E-state index contributed by atoms with van der Waals surface area (Å²) in [5, 5.41) is 4.08. The van der Waals surface area contributed by atoms with Gasteiger partial charge in [-0.3, -0.25) is 4.79 Å². The minimum atomic E-state index is -0.00646. The van der Waals surface area contributed by atoms with Crippen molar-refractivity contribution in [1.29, 1.82) is 0 Å². The summed E-state index contributed by atoms with van der Waals surface area (Å²) in [6.07, 6.45) is 0. The molecular formula is C15H20N4OS. The molecule has 0 saturated heterocycles. The van der Waals surface area contributed by atoms with Crippen LogP contribution < -0.4 is 5.73 Å². The second-order valence-corrected chi connectivity index (χ2v) is 5.96. The standard InChI is InChI=1S/C15H20N4OS/c1-4-19(9-11-5-7-12(16)8-6-11)15(20)14-13(10(2)3)17-18-21-14/h5-8,10H,4,9,16H2,1-3H3. The molecule has 0 saturated carbocycles. The summed E-state index contributed by atoms with van der Waals surface area (Å²) >= 11 is 1.17. The minimum absolute atomic E-state index is 0.00646. The van der Waals surface area contributed by atoms with E-state index in [2.05, 4.69) is 9.59 Å². The highest BCUT2D eigenvalue weighted by Gasteiger charge is 2.23. The molecule has 1 heterocycles. The molecular weight excluding hydrogens is 284 g/mol. The number of amides is 1. The van der Waals surface area contributed by atoms with Gasteiger partial charge < -0.3 is 10.6 Å². The number of carbonyl (C=O) groups excluding carboxylic acids is 1. The smallest absolute Gasteiger partial charge is 0.267 e. The average molecular weight is 304 g/mol. The van der Waals surface area contributed by atoms with Crippen LogP contribution in [0.1, 0.15) is 47.6 Å². The lowest BCUT2D eigenvalue weighted by molar-refractivity contribution is 0.0755. The lowest BCUT2D eigenvalue weighted by Gasteiger charge is -2.21. The van der Waals surface area contributed by atoms with Crippen LogP contribution in [-0.2, 0) is 6.54 Å². The van der Waals surface area contributed by atoms with Crippen LogP contribution in [0.15, 0.2) is 24.3 Å². The molecule has 1 aromatic carbocycles. The number of nitrogens with two attached hydrogens (primary N) is 1. The van der Waals surface area contributed by atoms with Crippen molar-refractivity contribution in [1.82, 2.24) is 14.5 Å². The summed E-state index contributed by atoms with van der Waals surface area (Å²) < 4.78 is 3.93. The summed E-state index contributed by atoms with van der Waals surface area (Å²) in [7, 11) is 0. The topological polar surface area (TPSA) is 72.1 Å². The molecule has 0 fully saturated rings. The van der Waals surface area contributed by atoms with Gasteiger partial charge in [-0.1, -0.05) is 30.5 Å². The predicted molar refractivity (Wildman–Crippen MR) is 85.3 cm³/mol. The number of nitrogen functional groups attached to an aromatic ring is 1. The summed E-state index contributed by atoms with van der Waals surface area (Å²) in [6.45, 7) is 7.20. The van der Waals surface area contributed by atoms with Gasteiger partial charge >= 0.3 is 0 Å². The van der Waals surface area contributed by atoms with E-state index in [-0.39, 0.29) is 11.8 Å². The van der Waals surface area contributed by atoms with Crippen molar-refractivity contribution in [2.45, 2.75) is 33.2 Å². The Hall–Kier alpha value is -1.95. The molecule has 21 heavy (non-hydrogen) atoms. The van der Waals surface area contributed by atoms with E-state index in [9.17, 15) is 4.79 Å². The molecule has 5 nitrogen and oxygen atoms in total. The fraction of sp³-hybridized carbons (Fsp3) is 0.400. The molecule has 0 aliphatic heterocycles. The van der Waals surface area contributed by atoms with Crippen LogP contribution in [0.5, 0.6) is 0 Å². The Morgan fingerprint density at radius 1 is 1.33 bits per heavy atom. The quantitative estimate of drug-likeness (QED) is 0.862. The molecule has 2 rings (SSSR count). The first-order chi connectivity index (χ1) is 10.0. The Bertz CT molecular complexity index is 606. The van der Waals surface area contributed by atoms with Gasteiger partial charge in [0.25, 0.3) is 5.91 Å². The average Bonchev–Trinajstić information content (AvgIpc) is 2.95. The van der Waals surface area contributed by atoms with Gasteiger partial charge in [0.15, 0.2) is 0 Å². The predicted octanol–water partition coefficient (Wildman–Crippen LogP) is 2.91. The van der Waals surface area contributed by atoms with Gasteiger partial charge in [-0.15, -0.1) is 5.10 Å². The summed E-state index contributed by atoms with van der Waals surface area (Å²) in [5.74, 6) is 0.186. The van der Waals surface area contributed by atoms with Crippen LogP contribution >= 0.6 is 11.5 Å². The molecule has 1 amide bonds. The molecule has 6 heteroatoms. The highest BCUT2D eigenvalue weighted by atomic mass is 32.1. The van der Waals surface area contributed by atoms with Gasteiger partial charge in [-0.2, -0.15) is 0 Å². The summed E-state index contributed by atoms with van der Waals surface area (Å²) in [4.78, 5) is 15.1. The van der Waals surface area contributed by atoms with Crippen molar-refractivity contribution < 1.29 is 4.79 Å². The highest BCUT2D eigenvalue weighted by Crippen LogP contribution is 2.22. The van der Waals surface area contributed by atoms with Gasteiger partial charge in [0.2, 0.25) is 0 Å². The number of rotatable bonds is 5. The van der Waals surface area contributed by atoms with E-state index in [1.54, 1.807) is 4.90 Å². The van der Waals surface area contributed by atoms with Crippen LogP contribution in [0.2, 0.25) is 0 Å². The van der Waals surface area contributed by atoms with Gasteiger partial charge in [0.1, 0.15) is 4.88 Å². The zero-order valence-corrected chi connectivity index (χ0v) is 13.4. The van der Waals surface area contributed by atoms with Gasteiger partial charge in [-0.05, 0) is 42.1 Å². The maximum Gasteiger partial charge on any atom is 0.267 e. The number of hydrogen-bond acceptors (Lipinski definition) is 5. The van der Waals surface area contributed by atoms with E-state index in [0.717, 1.165) is 16.9 Å². The van der Waals surface area contributed by atoms with Gasteiger partial charge in [0.05, 0.1) is 5.69 Å². The van der Waals surface area contributed by atoms with Crippen LogP contribution in [0, 0.1) is 0 Å². The molecule has 0 unspecified atom stereocenters. The van der Waals surface area contributed by atoms with Crippen molar-refractivity contribution in [3.05, 3.63) is 40.4 Å². The number of carbonyl (C=O) groups is 1. The Morgan fingerprint density at radius 2 is 2.00 bits per heavy atom. The van der Waals surface area contributed by atoms with E-state index < -0.39 is 0 Å². The van der Waals surface area contributed by atoms with Crippen molar-refractivity contribution in [3.63, 3.8) is 0 Å². The van der Waals surface area contributed by atoms with Crippen molar-refractivity contribution >= 4 is 23.1 Å². The molecule has 0 aliphatic carbocycles. The van der Waals surface area contributed by atoms with E-state index >= 15 is 0 Å². The normalized spacial score (nSPS) is 10.9. The first-order valence-corrected chi connectivity index (χ1v) is 7.76. The zero-order chi connectivity index (χ0) is 15.4. The summed E-state index contributed by atoms with van der Waals surface area (Å²) in [5.41, 5.74) is 8.25. The first kappa shape index (κ1) is 15.4. The number of aromatic nitrogens is 2. The van der Waals surface area contributed by atoms with E-state index in [1.807, 2.05) is 45.0 Å². The third-order valence-corrected chi connectivity index (χ3v) is 4.01. The fourth-order valence-electron chi connectivity index (χ4n) is 2.04. The van der Waals surface area contributed by atoms with E-state index in [1.165, 1.54) is 11.5 Å². The molecule has 0 atom stereocenters. The zero-order valence-electron chi connectivity index (χ0n) is 12.5. The Balaban J connectivity index is 2.18. The molecule has 1 aromatic heterocycles. The summed E-state index contributed by atoms with van der Waals surface area (Å²) in [6, 6.07) is 7.59. The van der Waals surface area contributed by atoms with Crippen molar-refractivity contribution in [2.24, 2.45) is 0 Å². The molecule has 112 valence electrons. The third-order valence-electron chi connectivity index (χ3n) is 3.28. The second-order valence-electron chi connectivity index (χ2n) is 5.20. The highest BCUT2D eigenvalue weighted by molar-refractivity contribution is 7.08. The lowest BCUT2D eigenvalue weighted by atomic mass is 10.1. The molecule has 0 aliphatic rings. The number of anilines is 1. The van der Waals surface area contributed by atoms with Crippen LogP contribution in [-0.4, -0.2) is 26.9 Å². The first-order valence-electron chi connectivity index (χ1n) is 6.98. The SMILES string of the molecule is CCN(Cc1ccc(N)cc1)C(=O)c1snnc1C(C)C. The van der Waals surface area contributed by atoms with Crippen molar-refractivity contribution in [2.75, 3.05) is 12.3 Å². The molecule has 0 radical (unpaired) electrons. The lowest BCUT2D eigenvalue weighted by Crippen LogP contribution is -2.30. The second kappa shape index (κ2) is 6.67. The third kappa shape index (κ3) is 3.58. The largest absolute Gasteiger partial charge is 0.399 e. The fourth-order valence-corrected chi connectivity index (χ4v) is 2.83. The van der Waals surface area contributed by atoms with Crippen LogP contribution in [0.4, 0.5) is 5.69 Å². The van der Waals surface area contributed by atoms with Gasteiger partial charge in [0, 0.05) is 18.8 Å². The van der Waals surface area contributed by atoms with Crippen LogP contribution in [0.25, 0.3) is 0 Å². The number of hydrogen-bond donors (Lipinski definition) is 1. The van der Waals surface area contributed by atoms with Gasteiger partial charge in [-0.25, -0.2) is 0 Å². The maximum absolute atomic E-state index is 12.7. The van der Waals surface area contributed by atoms with E-state index in [4.69, 9.17) is 5.73 Å². The number of benzene rings is 1. The monoisotopic (exact) mass is 304 g/mol. The molecule has 0 spiro atoms. The molecule has 0 bridgehead atoms. The molecule has 2 aromatic rings. The number of nitrogens with zero attached hydrogens (tertiary/aromatic N) is 3. The maximum atomic E-state index is 12.7. The molecule has 2 N–H and O–H groups in total. The van der Waals surface area contributed by atoms with Crippen molar-refractivity contribution in [3.8, 4) is 0 Å².